The molecule has 3 aromatic carbocycles. The van der Waals surface area contributed by atoms with Gasteiger partial charge in [-0.15, -0.1) is 36.6 Å². The molecular weight excluding hydrogens is 386 g/mol. The van der Waals surface area contributed by atoms with E-state index in [0.29, 0.717) is 10.6 Å². The summed E-state index contributed by atoms with van der Waals surface area (Å²) < 4.78 is 1.20. The van der Waals surface area contributed by atoms with Gasteiger partial charge in [-0.05, 0) is 42.5 Å². The van der Waals surface area contributed by atoms with Crippen LogP contribution in [0.25, 0.3) is 10.2 Å². The van der Waals surface area contributed by atoms with Gasteiger partial charge in [0, 0.05) is 9.79 Å². The lowest BCUT2D eigenvalue weighted by Crippen LogP contribution is -1.68. The third-order valence-corrected chi connectivity index (χ3v) is 4.57. The highest BCUT2D eigenvalue weighted by atomic mass is 32.1. The van der Waals surface area contributed by atoms with Crippen molar-refractivity contribution < 1.29 is 15.3 Å². The molecule has 0 fully saturated rings. The van der Waals surface area contributed by atoms with Crippen LogP contribution >= 0.6 is 36.6 Å². The van der Waals surface area contributed by atoms with Crippen LogP contribution in [0.5, 0.6) is 17.2 Å². The lowest BCUT2D eigenvalue weighted by atomic mass is 10.3. The van der Waals surface area contributed by atoms with Gasteiger partial charge in [0.1, 0.15) is 17.2 Å². The second-order valence-corrected chi connectivity index (χ2v) is 6.83. The molecule has 0 aliphatic heterocycles. The Kier molecular flexibility index (Phi) is 7.65. The number of thiazole rings is 1. The topological polar surface area (TPSA) is 73.6 Å². The first kappa shape index (κ1) is 20.0. The number of hydrogen-bond acceptors (Lipinski definition) is 7. The van der Waals surface area contributed by atoms with Crippen molar-refractivity contribution in [1.82, 2.24) is 4.98 Å². The Balaban J connectivity index is 0.000000143. The van der Waals surface area contributed by atoms with Gasteiger partial charge in [-0.3, -0.25) is 0 Å². The van der Waals surface area contributed by atoms with E-state index >= 15 is 0 Å². The summed E-state index contributed by atoms with van der Waals surface area (Å²) in [4.78, 5) is 5.50. The number of aromatic nitrogens is 1. The molecule has 0 aliphatic rings. The first-order chi connectivity index (χ1) is 12.5. The van der Waals surface area contributed by atoms with Gasteiger partial charge in [0.15, 0.2) is 0 Å². The van der Waals surface area contributed by atoms with Crippen molar-refractivity contribution in [2.75, 3.05) is 0 Å². The van der Waals surface area contributed by atoms with Crippen molar-refractivity contribution in [2.24, 2.45) is 0 Å². The van der Waals surface area contributed by atoms with Gasteiger partial charge < -0.3 is 15.3 Å². The third-order valence-electron chi connectivity index (χ3n) is 3.05. The van der Waals surface area contributed by atoms with Crippen LogP contribution in [-0.2, 0) is 0 Å². The van der Waals surface area contributed by atoms with Crippen molar-refractivity contribution in [2.45, 2.75) is 9.79 Å². The first-order valence-electron chi connectivity index (χ1n) is 7.43. The lowest BCUT2D eigenvalue weighted by molar-refractivity contribution is 0.449. The van der Waals surface area contributed by atoms with E-state index in [1.54, 1.807) is 35.6 Å². The number of para-hydroxylation sites is 2. The van der Waals surface area contributed by atoms with Gasteiger partial charge in [-0.2, -0.15) is 0 Å². The number of thiol groups is 2. The fraction of sp³-hybridized carbons (Fsp3) is 0. The minimum atomic E-state index is 0.0798. The highest BCUT2D eigenvalue weighted by molar-refractivity contribution is 7.80. The van der Waals surface area contributed by atoms with Crippen LogP contribution in [0.15, 0.2) is 82.0 Å². The summed E-state index contributed by atoms with van der Waals surface area (Å²) in [5.74, 6) is 0.511. The molecule has 26 heavy (non-hydrogen) atoms. The maximum atomic E-state index is 8.86. The molecule has 0 amide bonds. The highest BCUT2D eigenvalue weighted by Crippen LogP contribution is 2.24. The molecule has 0 radical (unpaired) electrons. The number of benzene rings is 3. The maximum Gasteiger partial charge on any atom is 0.129 e. The Morgan fingerprint density at radius 1 is 0.731 bits per heavy atom. The second kappa shape index (κ2) is 9.96. The average molecular weight is 404 g/mol. The largest absolute Gasteiger partial charge is 0.508 e. The highest BCUT2D eigenvalue weighted by Gasteiger charge is 1.97. The summed E-state index contributed by atoms with van der Waals surface area (Å²) in [6, 6.07) is 18.9. The molecule has 4 nitrogen and oxygen atoms in total. The molecule has 4 aromatic rings. The van der Waals surface area contributed by atoms with Gasteiger partial charge in [0.05, 0.1) is 15.7 Å². The van der Waals surface area contributed by atoms with Crippen LogP contribution in [-0.4, -0.2) is 20.3 Å². The fourth-order valence-electron chi connectivity index (χ4n) is 1.81. The molecule has 0 unspecified atom stereocenters. The van der Waals surface area contributed by atoms with E-state index in [2.05, 4.69) is 30.2 Å². The fourth-order valence-corrected chi connectivity index (χ4v) is 3.06. The smallest absolute Gasteiger partial charge is 0.129 e. The molecule has 1 aromatic heterocycles. The monoisotopic (exact) mass is 403 g/mol. The molecule has 0 saturated carbocycles. The van der Waals surface area contributed by atoms with Gasteiger partial charge in [-0.25, -0.2) is 4.98 Å². The van der Waals surface area contributed by atoms with E-state index in [0.717, 1.165) is 10.4 Å². The van der Waals surface area contributed by atoms with Crippen LogP contribution in [0.4, 0.5) is 0 Å². The van der Waals surface area contributed by atoms with Crippen LogP contribution in [0.2, 0.25) is 0 Å². The SMILES string of the molecule is Oc1ccc(O)c(S)c1.Oc1ccccc1.Sc1cccc2scnc12. The Hall–Kier alpha value is -2.35. The zero-order valence-corrected chi connectivity index (χ0v) is 16.1. The molecule has 7 heteroatoms. The van der Waals surface area contributed by atoms with E-state index in [9.17, 15) is 0 Å². The zero-order valence-electron chi connectivity index (χ0n) is 13.5. The predicted molar refractivity (Wildman–Crippen MR) is 112 cm³/mol. The van der Waals surface area contributed by atoms with Gasteiger partial charge in [0.2, 0.25) is 0 Å². The zero-order chi connectivity index (χ0) is 18.9. The number of phenolic OH excluding ortho intramolecular Hbond substituents is 3. The van der Waals surface area contributed by atoms with E-state index in [1.165, 1.54) is 22.9 Å². The Labute approximate surface area is 166 Å². The molecule has 0 bridgehead atoms. The van der Waals surface area contributed by atoms with Crippen molar-refractivity contribution >= 4 is 46.8 Å². The summed E-state index contributed by atoms with van der Waals surface area (Å²) in [5.41, 5.74) is 2.85. The van der Waals surface area contributed by atoms with E-state index in [1.807, 2.05) is 29.8 Å². The third kappa shape index (κ3) is 6.18. The summed E-state index contributed by atoms with van der Waals surface area (Å²) in [5, 5.41) is 26.3. The Morgan fingerprint density at radius 2 is 1.46 bits per heavy atom. The lowest BCUT2D eigenvalue weighted by Gasteiger charge is -1.95. The minimum Gasteiger partial charge on any atom is -0.508 e. The molecule has 0 atom stereocenters. The molecule has 1 heterocycles. The number of fused-ring (bicyclic) bond motifs is 1. The Morgan fingerprint density at radius 3 is 2.00 bits per heavy atom. The second-order valence-electron chi connectivity index (χ2n) is 4.98. The molecule has 134 valence electrons. The predicted octanol–water partition coefficient (Wildman–Crippen LogP) is 5.36. The van der Waals surface area contributed by atoms with Crippen LogP contribution in [0.1, 0.15) is 0 Å². The first-order valence-corrected chi connectivity index (χ1v) is 9.21. The number of rotatable bonds is 0. The van der Waals surface area contributed by atoms with Gasteiger partial charge >= 0.3 is 0 Å². The average Bonchev–Trinajstić information content (AvgIpc) is 3.11. The maximum absolute atomic E-state index is 8.86. The van der Waals surface area contributed by atoms with Crippen molar-refractivity contribution in [1.29, 1.82) is 0 Å². The number of aromatic hydroxyl groups is 3. The molecule has 3 N–H and O–H groups in total. The van der Waals surface area contributed by atoms with E-state index < -0.39 is 0 Å². The number of hydrogen-bond donors (Lipinski definition) is 5. The number of phenols is 3. The van der Waals surface area contributed by atoms with Crippen molar-refractivity contribution in [3.05, 3.63) is 72.2 Å². The van der Waals surface area contributed by atoms with Crippen molar-refractivity contribution in [3.8, 4) is 17.2 Å². The van der Waals surface area contributed by atoms with E-state index in [4.69, 9.17) is 15.3 Å². The van der Waals surface area contributed by atoms with Crippen LogP contribution in [0, 0.1) is 0 Å². The molecule has 0 spiro atoms. The standard InChI is InChI=1S/C7H5NS2.C6H6O2S.C6H6O/c9-5-2-1-3-6-7(5)8-4-10-6;7-4-1-2-5(8)6(9)3-4;7-6-4-2-1-3-5-6/h1-4,9H;1-3,7-9H;1-5,7H. The summed E-state index contributed by atoms with van der Waals surface area (Å²) in [7, 11) is 0. The summed E-state index contributed by atoms with van der Waals surface area (Å²) in [6.07, 6.45) is 0. The van der Waals surface area contributed by atoms with Gasteiger partial charge in [0.25, 0.3) is 0 Å². The van der Waals surface area contributed by atoms with Crippen LogP contribution < -0.4 is 0 Å². The molecular formula is C19H17NO3S3. The summed E-state index contributed by atoms with van der Waals surface area (Å²) in [6.45, 7) is 0. The van der Waals surface area contributed by atoms with Crippen LogP contribution in [0.3, 0.4) is 0 Å². The Bertz CT molecular complexity index is 959. The summed E-state index contributed by atoms with van der Waals surface area (Å²) >= 11 is 9.76. The normalized spacial score (nSPS) is 9.62. The van der Waals surface area contributed by atoms with Crippen molar-refractivity contribution in [3.63, 3.8) is 0 Å². The minimum absolute atomic E-state index is 0.0798. The molecule has 0 saturated heterocycles. The quantitative estimate of drug-likeness (QED) is 0.202. The molecule has 0 aliphatic carbocycles. The van der Waals surface area contributed by atoms with E-state index in [-0.39, 0.29) is 11.5 Å². The van der Waals surface area contributed by atoms with Gasteiger partial charge in [-0.1, -0.05) is 24.3 Å². The number of nitrogens with zero attached hydrogens (tertiary/aromatic N) is 1. The molecule has 4 rings (SSSR count).